The minimum Gasteiger partial charge on any atom is -0.289 e. The average Bonchev–Trinajstić information content (AvgIpc) is 3.35. The van der Waals surface area contributed by atoms with Crippen molar-refractivity contribution in [2.24, 2.45) is 0 Å². The standard InChI is InChI=1S/C22H20N6O4S/c29-22(25-30)20(15-16-7-3-1-4-8-16)26-33(31,32)19-13-11-17(12-14-19)21-23-27-28(24-21)18-9-5-2-6-10-18/h1-14,20,26,30H,15H2,(H,25,29). The van der Waals surface area contributed by atoms with E-state index in [2.05, 4.69) is 20.1 Å². The van der Waals surface area contributed by atoms with Gasteiger partial charge < -0.3 is 0 Å². The number of hydrogen-bond acceptors (Lipinski definition) is 7. The Morgan fingerprint density at radius 3 is 2.21 bits per heavy atom. The van der Waals surface area contributed by atoms with Gasteiger partial charge in [-0.15, -0.1) is 15.0 Å². The van der Waals surface area contributed by atoms with Gasteiger partial charge in [-0.1, -0.05) is 48.5 Å². The fourth-order valence-corrected chi connectivity index (χ4v) is 4.35. The SMILES string of the molecule is O=C(NO)C(Cc1ccccc1)NS(=O)(=O)c1ccc(-c2nnn(-c3ccccc3)n2)cc1. The van der Waals surface area contributed by atoms with Crippen molar-refractivity contribution < 1.29 is 18.4 Å². The second kappa shape index (κ2) is 9.69. The fourth-order valence-electron chi connectivity index (χ4n) is 3.15. The summed E-state index contributed by atoms with van der Waals surface area (Å²) in [5, 5.41) is 21.4. The maximum Gasteiger partial charge on any atom is 0.261 e. The van der Waals surface area contributed by atoms with Crippen LogP contribution in [0.15, 0.2) is 89.8 Å². The summed E-state index contributed by atoms with van der Waals surface area (Å²) >= 11 is 0. The second-order valence-corrected chi connectivity index (χ2v) is 8.82. The number of benzene rings is 3. The third-order valence-corrected chi connectivity index (χ3v) is 6.32. The molecule has 0 fully saturated rings. The Morgan fingerprint density at radius 1 is 0.939 bits per heavy atom. The third-order valence-electron chi connectivity index (χ3n) is 4.83. The van der Waals surface area contributed by atoms with Gasteiger partial charge >= 0.3 is 0 Å². The van der Waals surface area contributed by atoms with E-state index in [1.165, 1.54) is 22.4 Å². The largest absolute Gasteiger partial charge is 0.289 e. The van der Waals surface area contributed by atoms with Crippen molar-refractivity contribution in [2.45, 2.75) is 17.4 Å². The first-order valence-electron chi connectivity index (χ1n) is 9.92. The molecule has 4 aromatic rings. The smallest absolute Gasteiger partial charge is 0.261 e. The molecule has 1 amide bonds. The number of sulfonamides is 1. The summed E-state index contributed by atoms with van der Waals surface area (Å²) in [6.45, 7) is 0. The zero-order valence-electron chi connectivity index (χ0n) is 17.2. The molecule has 3 aromatic carbocycles. The number of rotatable bonds is 8. The normalized spacial score (nSPS) is 12.3. The van der Waals surface area contributed by atoms with Crippen LogP contribution in [0.1, 0.15) is 5.56 Å². The van der Waals surface area contributed by atoms with Gasteiger partial charge in [0.2, 0.25) is 15.8 Å². The van der Waals surface area contributed by atoms with E-state index in [4.69, 9.17) is 5.21 Å². The van der Waals surface area contributed by atoms with Crippen molar-refractivity contribution in [3.63, 3.8) is 0 Å². The van der Waals surface area contributed by atoms with Gasteiger partial charge in [0, 0.05) is 5.56 Å². The first-order chi connectivity index (χ1) is 16.0. The zero-order valence-corrected chi connectivity index (χ0v) is 18.1. The lowest BCUT2D eigenvalue weighted by Crippen LogP contribution is -2.47. The quantitative estimate of drug-likeness (QED) is 0.266. The van der Waals surface area contributed by atoms with E-state index in [1.807, 2.05) is 36.4 Å². The highest BCUT2D eigenvalue weighted by Crippen LogP contribution is 2.19. The highest BCUT2D eigenvalue weighted by molar-refractivity contribution is 7.89. The number of hydrogen-bond donors (Lipinski definition) is 3. The van der Waals surface area contributed by atoms with E-state index < -0.39 is 22.0 Å². The molecule has 0 saturated heterocycles. The van der Waals surface area contributed by atoms with Crippen LogP contribution in [-0.2, 0) is 21.2 Å². The van der Waals surface area contributed by atoms with Gasteiger partial charge in [0.1, 0.15) is 6.04 Å². The molecule has 1 unspecified atom stereocenters. The summed E-state index contributed by atoms with van der Waals surface area (Å²) in [5.74, 6) is -0.529. The molecule has 1 heterocycles. The third kappa shape index (κ3) is 5.29. The summed E-state index contributed by atoms with van der Waals surface area (Å²) < 4.78 is 28.1. The van der Waals surface area contributed by atoms with E-state index in [1.54, 1.807) is 36.4 Å². The fraction of sp³-hybridized carbons (Fsp3) is 0.0909. The Hall–Kier alpha value is -3.93. The van der Waals surface area contributed by atoms with Crippen molar-refractivity contribution in [3.05, 3.63) is 90.5 Å². The molecule has 3 N–H and O–H groups in total. The van der Waals surface area contributed by atoms with E-state index in [-0.39, 0.29) is 11.3 Å². The number of hydroxylamine groups is 1. The van der Waals surface area contributed by atoms with Crippen LogP contribution in [0.3, 0.4) is 0 Å². The van der Waals surface area contributed by atoms with Crippen LogP contribution < -0.4 is 10.2 Å². The number of amides is 1. The van der Waals surface area contributed by atoms with Crippen LogP contribution in [-0.4, -0.2) is 45.8 Å². The predicted molar refractivity (Wildman–Crippen MR) is 119 cm³/mol. The molecule has 10 nitrogen and oxygen atoms in total. The van der Waals surface area contributed by atoms with Crippen molar-refractivity contribution in [3.8, 4) is 17.1 Å². The number of carbonyl (C=O) groups excluding carboxylic acids is 1. The van der Waals surface area contributed by atoms with Gasteiger partial charge in [0.25, 0.3) is 5.91 Å². The molecule has 0 bridgehead atoms. The Labute approximate surface area is 189 Å². The maximum atomic E-state index is 12.9. The van der Waals surface area contributed by atoms with Gasteiger partial charge in [0.15, 0.2) is 0 Å². The summed E-state index contributed by atoms with van der Waals surface area (Å²) in [6, 6.07) is 22.8. The summed E-state index contributed by atoms with van der Waals surface area (Å²) in [5.41, 5.74) is 3.56. The minimum atomic E-state index is -4.06. The molecule has 0 aliphatic carbocycles. The van der Waals surface area contributed by atoms with Crippen molar-refractivity contribution >= 4 is 15.9 Å². The highest BCUT2D eigenvalue weighted by atomic mass is 32.2. The average molecular weight is 465 g/mol. The minimum absolute atomic E-state index is 0.0505. The monoisotopic (exact) mass is 464 g/mol. The molecule has 33 heavy (non-hydrogen) atoms. The van der Waals surface area contributed by atoms with Gasteiger partial charge in [-0.3, -0.25) is 10.0 Å². The Balaban J connectivity index is 1.52. The van der Waals surface area contributed by atoms with Crippen LogP contribution in [0.2, 0.25) is 0 Å². The molecule has 0 aliphatic heterocycles. The molecule has 11 heteroatoms. The number of para-hydroxylation sites is 1. The lowest BCUT2D eigenvalue weighted by molar-refractivity contribution is -0.130. The molecule has 4 rings (SSSR count). The topological polar surface area (TPSA) is 139 Å². The lowest BCUT2D eigenvalue weighted by atomic mass is 10.1. The van der Waals surface area contributed by atoms with E-state index >= 15 is 0 Å². The van der Waals surface area contributed by atoms with Crippen LogP contribution in [0.5, 0.6) is 0 Å². The number of carbonyl (C=O) groups is 1. The molecule has 168 valence electrons. The highest BCUT2D eigenvalue weighted by Gasteiger charge is 2.26. The molecule has 0 spiro atoms. The van der Waals surface area contributed by atoms with Crippen molar-refractivity contribution in [2.75, 3.05) is 0 Å². The van der Waals surface area contributed by atoms with Gasteiger partial charge in [-0.25, -0.2) is 13.9 Å². The van der Waals surface area contributed by atoms with Gasteiger partial charge in [0.05, 0.1) is 10.6 Å². The molecular weight excluding hydrogens is 444 g/mol. The molecular formula is C22H20N6O4S. The van der Waals surface area contributed by atoms with Crippen LogP contribution in [0.25, 0.3) is 17.1 Å². The summed E-state index contributed by atoms with van der Waals surface area (Å²) in [7, 11) is -4.06. The molecule has 0 saturated carbocycles. The number of tetrazole rings is 1. The lowest BCUT2D eigenvalue weighted by Gasteiger charge is -2.17. The van der Waals surface area contributed by atoms with Crippen LogP contribution >= 0.6 is 0 Å². The summed E-state index contributed by atoms with van der Waals surface area (Å²) in [4.78, 5) is 13.4. The summed E-state index contributed by atoms with van der Waals surface area (Å²) in [6.07, 6.45) is 0.0665. The van der Waals surface area contributed by atoms with Crippen LogP contribution in [0.4, 0.5) is 0 Å². The molecule has 1 aromatic heterocycles. The Morgan fingerprint density at radius 2 is 1.58 bits per heavy atom. The molecule has 1 atom stereocenters. The Bertz CT molecular complexity index is 1330. The second-order valence-electron chi connectivity index (χ2n) is 7.10. The predicted octanol–water partition coefficient (Wildman–Crippen LogP) is 1.72. The first kappa shape index (κ1) is 22.3. The maximum absolute atomic E-state index is 12.9. The van der Waals surface area contributed by atoms with Gasteiger partial charge in [-0.05, 0) is 53.6 Å². The van der Waals surface area contributed by atoms with E-state index in [0.29, 0.717) is 11.4 Å². The van der Waals surface area contributed by atoms with Crippen LogP contribution in [0, 0.1) is 0 Å². The van der Waals surface area contributed by atoms with E-state index in [9.17, 15) is 13.2 Å². The molecule has 0 radical (unpaired) electrons. The van der Waals surface area contributed by atoms with Crippen molar-refractivity contribution in [1.82, 2.24) is 30.4 Å². The van der Waals surface area contributed by atoms with Gasteiger partial charge in [-0.2, -0.15) is 4.72 Å². The number of nitrogens with zero attached hydrogens (tertiary/aromatic N) is 4. The zero-order chi connectivity index (χ0) is 23.3. The van der Waals surface area contributed by atoms with E-state index in [0.717, 1.165) is 11.3 Å². The first-order valence-corrected chi connectivity index (χ1v) is 11.4. The number of aromatic nitrogens is 4. The Kier molecular flexibility index (Phi) is 6.54. The van der Waals surface area contributed by atoms with Crippen molar-refractivity contribution in [1.29, 1.82) is 0 Å². The number of nitrogens with one attached hydrogen (secondary N) is 2. The molecule has 0 aliphatic rings.